The van der Waals surface area contributed by atoms with Gasteiger partial charge < -0.3 is 9.47 Å². The van der Waals surface area contributed by atoms with Crippen LogP contribution in [0.15, 0.2) is 12.2 Å². The van der Waals surface area contributed by atoms with E-state index in [2.05, 4.69) is 4.74 Å². The van der Waals surface area contributed by atoms with Crippen molar-refractivity contribution in [2.45, 2.75) is 76.2 Å². The Kier molecular flexibility index (Phi) is 10.6. The molecule has 0 radical (unpaired) electrons. The third-order valence-electron chi connectivity index (χ3n) is 3.68. The molecule has 0 aromatic heterocycles. The van der Waals surface area contributed by atoms with E-state index in [-0.39, 0.29) is 6.08 Å². The smallest absolute Gasteiger partial charge is 0.381 e. The first-order valence-corrected chi connectivity index (χ1v) is 8.69. The number of carbonyl (C=O) groups excluding carboxylic acids is 2. The molecule has 0 aliphatic carbocycles. The maximum absolute atomic E-state index is 13.2. The van der Waals surface area contributed by atoms with Gasteiger partial charge in [0, 0.05) is 12.2 Å². The fraction of sp³-hybridized carbons (Fsp3) is 0.765. The van der Waals surface area contributed by atoms with E-state index in [1.807, 2.05) is 13.8 Å². The van der Waals surface area contributed by atoms with Crippen molar-refractivity contribution < 1.29 is 54.2 Å². The minimum absolute atomic E-state index is 0.268. The Hall–Kier alpha value is -1.88. The number of halogens is 8. The van der Waals surface area contributed by atoms with Crippen LogP contribution in [-0.4, -0.2) is 48.8 Å². The van der Waals surface area contributed by atoms with Crippen LogP contribution in [0.2, 0.25) is 0 Å². The van der Waals surface area contributed by atoms with E-state index in [1.165, 1.54) is 0 Å². The quantitative estimate of drug-likeness (QED) is 0.225. The van der Waals surface area contributed by atoms with Crippen LogP contribution in [0.1, 0.15) is 46.0 Å². The molecule has 1 unspecified atom stereocenters. The highest BCUT2D eigenvalue weighted by Crippen LogP contribution is 2.48. The van der Waals surface area contributed by atoms with Crippen LogP contribution < -0.4 is 0 Å². The third-order valence-corrected chi connectivity index (χ3v) is 3.68. The van der Waals surface area contributed by atoms with Gasteiger partial charge in [-0.3, -0.25) is 0 Å². The minimum Gasteiger partial charge on any atom is -0.459 e. The summed E-state index contributed by atoms with van der Waals surface area (Å²) < 4.78 is 111. The molecule has 1 atom stereocenters. The molecule has 0 amide bonds. The summed E-state index contributed by atoms with van der Waals surface area (Å²) in [5.74, 6) is -21.4. The van der Waals surface area contributed by atoms with Crippen LogP contribution >= 0.6 is 0 Å². The van der Waals surface area contributed by atoms with Gasteiger partial charge in [0.15, 0.2) is 6.61 Å². The van der Waals surface area contributed by atoms with E-state index in [1.54, 1.807) is 0 Å². The molecule has 12 heteroatoms. The summed E-state index contributed by atoms with van der Waals surface area (Å²) in [6, 6.07) is 0. The van der Waals surface area contributed by atoms with Crippen LogP contribution in [0, 0.1) is 0 Å². The van der Waals surface area contributed by atoms with Gasteiger partial charge in [0.2, 0.25) is 0 Å². The van der Waals surface area contributed by atoms with Crippen LogP contribution in [0.3, 0.4) is 0 Å². The number of rotatable bonds is 13. The Morgan fingerprint density at radius 1 is 0.897 bits per heavy atom. The van der Waals surface area contributed by atoms with Crippen LogP contribution in [-0.2, 0) is 19.1 Å². The second-order valence-corrected chi connectivity index (χ2v) is 6.13. The minimum atomic E-state index is -6.48. The van der Waals surface area contributed by atoms with Crippen molar-refractivity contribution in [2.24, 2.45) is 0 Å². The topological polar surface area (TPSA) is 52.6 Å². The number of hydrogen-bond acceptors (Lipinski definition) is 4. The number of esters is 2. The SMILES string of the molecule is CCCCC(CCC)OC(=O)/C=C/C(=O)OCC(F)(F)C(F)(F)C(F)(F)C(F)F. The lowest BCUT2D eigenvalue weighted by molar-refractivity contribution is -0.344. The molecule has 0 saturated carbocycles. The summed E-state index contributed by atoms with van der Waals surface area (Å²) in [5, 5.41) is 0. The van der Waals surface area contributed by atoms with Crippen molar-refractivity contribution >= 4 is 11.9 Å². The van der Waals surface area contributed by atoms with Crippen molar-refractivity contribution in [3.63, 3.8) is 0 Å². The summed E-state index contributed by atoms with van der Waals surface area (Å²) in [6.07, 6.45) is -1.40. The Morgan fingerprint density at radius 2 is 1.45 bits per heavy atom. The summed E-state index contributed by atoms with van der Waals surface area (Å²) in [7, 11) is 0. The molecule has 0 heterocycles. The number of hydrogen-bond donors (Lipinski definition) is 0. The van der Waals surface area contributed by atoms with Crippen molar-refractivity contribution in [1.82, 2.24) is 0 Å². The maximum Gasteiger partial charge on any atom is 0.381 e. The fourth-order valence-electron chi connectivity index (χ4n) is 2.04. The summed E-state index contributed by atoms with van der Waals surface area (Å²) >= 11 is 0. The molecule has 0 aromatic rings. The van der Waals surface area contributed by atoms with E-state index in [0.717, 1.165) is 12.8 Å². The molecule has 4 nitrogen and oxygen atoms in total. The molecule has 170 valence electrons. The molecular formula is C17H22F8O4. The van der Waals surface area contributed by atoms with Gasteiger partial charge in [-0.15, -0.1) is 0 Å². The predicted octanol–water partition coefficient (Wildman–Crippen LogP) is 5.16. The predicted molar refractivity (Wildman–Crippen MR) is 85.3 cm³/mol. The molecular weight excluding hydrogens is 420 g/mol. The van der Waals surface area contributed by atoms with Gasteiger partial charge in [0.25, 0.3) is 0 Å². The Labute approximate surface area is 162 Å². The second-order valence-electron chi connectivity index (χ2n) is 6.13. The normalized spacial score (nSPS) is 14.3. The number of alkyl halides is 8. The molecule has 0 rings (SSSR count). The zero-order valence-electron chi connectivity index (χ0n) is 15.7. The average Bonchev–Trinajstić information content (AvgIpc) is 2.62. The fourth-order valence-corrected chi connectivity index (χ4v) is 2.04. The summed E-state index contributed by atoms with van der Waals surface area (Å²) in [5.41, 5.74) is 0. The van der Waals surface area contributed by atoms with Gasteiger partial charge in [0.1, 0.15) is 6.10 Å². The third kappa shape index (κ3) is 7.81. The van der Waals surface area contributed by atoms with Crippen molar-refractivity contribution in [2.75, 3.05) is 6.61 Å². The maximum atomic E-state index is 13.2. The molecule has 0 spiro atoms. The standard InChI is InChI=1S/C17H22F8O4/c1-3-5-7-11(6-4-2)29-13(27)9-8-12(26)28-10-15(20,21)17(24,25)16(22,23)14(18)19/h8-9,11,14H,3-7,10H2,1-2H3/b9-8+. The molecule has 0 aliphatic rings. The van der Waals surface area contributed by atoms with E-state index in [4.69, 9.17) is 4.74 Å². The lowest BCUT2D eigenvalue weighted by Crippen LogP contribution is -2.59. The first kappa shape index (κ1) is 27.1. The highest BCUT2D eigenvalue weighted by molar-refractivity contribution is 5.91. The lowest BCUT2D eigenvalue weighted by atomic mass is 10.1. The molecule has 0 saturated heterocycles. The first-order valence-electron chi connectivity index (χ1n) is 8.69. The lowest BCUT2D eigenvalue weighted by Gasteiger charge is -2.31. The van der Waals surface area contributed by atoms with Gasteiger partial charge >= 0.3 is 36.1 Å². The number of unbranched alkanes of at least 4 members (excludes halogenated alkanes) is 1. The molecule has 0 fully saturated rings. The second kappa shape index (κ2) is 11.3. The van der Waals surface area contributed by atoms with Gasteiger partial charge in [-0.1, -0.05) is 33.1 Å². The summed E-state index contributed by atoms with van der Waals surface area (Å²) in [4.78, 5) is 22.9. The highest BCUT2D eigenvalue weighted by atomic mass is 19.4. The Morgan fingerprint density at radius 3 is 1.93 bits per heavy atom. The largest absolute Gasteiger partial charge is 0.459 e. The van der Waals surface area contributed by atoms with E-state index in [0.29, 0.717) is 25.3 Å². The monoisotopic (exact) mass is 442 g/mol. The molecule has 29 heavy (non-hydrogen) atoms. The van der Waals surface area contributed by atoms with Gasteiger partial charge in [0.05, 0.1) is 0 Å². The van der Waals surface area contributed by atoms with Gasteiger partial charge in [-0.25, -0.2) is 18.4 Å². The van der Waals surface area contributed by atoms with Crippen LogP contribution in [0.25, 0.3) is 0 Å². The van der Waals surface area contributed by atoms with Crippen molar-refractivity contribution in [1.29, 1.82) is 0 Å². The van der Waals surface area contributed by atoms with Crippen molar-refractivity contribution in [3.8, 4) is 0 Å². The van der Waals surface area contributed by atoms with E-state index >= 15 is 0 Å². The molecule has 0 N–H and O–H groups in total. The first-order chi connectivity index (χ1) is 13.2. The van der Waals surface area contributed by atoms with E-state index < -0.39 is 48.8 Å². The highest BCUT2D eigenvalue weighted by Gasteiger charge is 2.75. The summed E-state index contributed by atoms with van der Waals surface area (Å²) in [6.45, 7) is 1.15. The van der Waals surface area contributed by atoms with E-state index in [9.17, 15) is 44.7 Å². The van der Waals surface area contributed by atoms with Gasteiger partial charge in [-0.05, 0) is 12.8 Å². The van der Waals surface area contributed by atoms with Crippen LogP contribution in [0.5, 0.6) is 0 Å². The molecule has 0 aliphatic heterocycles. The molecule has 0 aromatic carbocycles. The zero-order chi connectivity index (χ0) is 22.9. The molecule has 0 bridgehead atoms. The van der Waals surface area contributed by atoms with Crippen molar-refractivity contribution in [3.05, 3.63) is 12.2 Å². The van der Waals surface area contributed by atoms with Gasteiger partial charge in [-0.2, -0.15) is 26.3 Å². The zero-order valence-corrected chi connectivity index (χ0v) is 15.7. The average molecular weight is 442 g/mol. The Balaban J connectivity index is 4.83. The number of ether oxygens (including phenoxy) is 2. The Bertz CT molecular complexity index is 564. The van der Waals surface area contributed by atoms with Crippen LogP contribution in [0.4, 0.5) is 35.1 Å². The number of carbonyl (C=O) groups is 2.